The van der Waals surface area contributed by atoms with Crippen LogP contribution in [0.25, 0.3) is 0 Å². The van der Waals surface area contributed by atoms with Crippen LogP contribution in [0.1, 0.15) is 10.6 Å². The minimum atomic E-state index is -4.53. The third kappa shape index (κ3) is 3.82. The average molecular weight is 288 g/mol. The van der Waals surface area contributed by atoms with Crippen LogP contribution in [-0.2, 0) is 12.6 Å². The van der Waals surface area contributed by atoms with Gasteiger partial charge >= 0.3 is 6.18 Å². The van der Waals surface area contributed by atoms with Crippen molar-refractivity contribution >= 4 is 23.1 Å². The Hall–Kier alpha value is -1.83. The molecule has 0 aromatic carbocycles. The summed E-state index contributed by atoms with van der Waals surface area (Å²) in [6.45, 7) is 0.480. The number of alkyl halides is 3. The summed E-state index contributed by atoms with van der Waals surface area (Å²) in [4.78, 5) is 8.04. The Morgan fingerprint density at radius 2 is 2.11 bits per heavy atom. The Bertz CT molecular complexity index is 539. The second-order valence-corrected chi connectivity index (χ2v) is 4.78. The molecule has 0 aliphatic heterocycles. The van der Waals surface area contributed by atoms with E-state index in [9.17, 15) is 13.2 Å². The standard InChI is InChI=1S/C11H11F3N4S/c12-11(13,14)8-6-9(18-10(15)17-8)16-4-3-7-2-1-5-19-7/h1-2,5-6H,3-4H2,(H3,15,16,17,18). The van der Waals surface area contributed by atoms with Gasteiger partial charge in [0, 0.05) is 17.5 Å². The normalized spacial score (nSPS) is 11.5. The molecule has 0 unspecified atom stereocenters. The van der Waals surface area contributed by atoms with E-state index < -0.39 is 17.8 Å². The SMILES string of the molecule is Nc1nc(NCCc2cccs2)cc(C(F)(F)F)n1. The molecule has 0 saturated heterocycles. The van der Waals surface area contributed by atoms with Crippen LogP contribution in [0.15, 0.2) is 23.6 Å². The zero-order valence-corrected chi connectivity index (χ0v) is 10.6. The van der Waals surface area contributed by atoms with Crippen molar-refractivity contribution in [2.75, 3.05) is 17.6 Å². The topological polar surface area (TPSA) is 63.8 Å². The van der Waals surface area contributed by atoms with E-state index in [2.05, 4.69) is 15.3 Å². The highest BCUT2D eigenvalue weighted by Gasteiger charge is 2.33. The van der Waals surface area contributed by atoms with Gasteiger partial charge in [-0.05, 0) is 17.9 Å². The molecule has 0 atom stereocenters. The number of anilines is 2. The molecule has 2 heterocycles. The zero-order chi connectivity index (χ0) is 13.9. The van der Waals surface area contributed by atoms with Gasteiger partial charge in [0.05, 0.1) is 0 Å². The second-order valence-electron chi connectivity index (χ2n) is 3.75. The lowest BCUT2D eigenvalue weighted by Gasteiger charge is -2.09. The number of halogens is 3. The van der Waals surface area contributed by atoms with E-state index in [1.54, 1.807) is 11.3 Å². The third-order valence-corrected chi connectivity index (χ3v) is 3.23. The lowest BCUT2D eigenvalue weighted by Crippen LogP contribution is -2.13. The van der Waals surface area contributed by atoms with E-state index in [0.29, 0.717) is 13.0 Å². The van der Waals surface area contributed by atoms with Crippen molar-refractivity contribution in [1.29, 1.82) is 0 Å². The molecule has 3 N–H and O–H groups in total. The molecule has 0 spiro atoms. The van der Waals surface area contributed by atoms with E-state index in [4.69, 9.17) is 5.73 Å². The summed E-state index contributed by atoms with van der Waals surface area (Å²) in [5, 5.41) is 4.76. The Morgan fingerprint density at radius 1 is 1.32 bits per heavy atom. The largest absolute Gasteiger partial charge is 0.433 e. The van der Waals surface area contributed by atoms with Gasteiger partial charge in [0.2, 0.25) is 5.95 Å². The molecule has 19 heavy (non-hydrogen) atoms. The Balaban J connectivity index is 2.02. The van der Waals surface area contributed by atoms with Gasteiger partial charge in [-0.3, -0.25) is 0 Å². The van der Waals surface area contributed by atoms with Crippen LogP contribution in [0.4, 0.5) is 24.9 Å². The number of nitrogen functional groups attached to an aromatic ring is 1. The minimum Gasteiger partial charge on any atom is -0.370 e. The molecule has 0 aliphatic rings. The summed E-state index contributed by atoms with van der Waals surface area (Å²) in [6, 6.07) is 4.73. The maximum Gasteiger partial charge on any atom is 0.433 e. The van der Waals surface area contributed by atoms with Crippen molar-refractivity contribution < 1.29 is 13.2 Å². The number of nitrogens with two attached hydrogens (primary N) is 1. The third-order valence-electron chi connectivity index (χ3n) is 2.29. The molecule has 0 amide bonds. The highest BCUT2D eigenvalue weighted by Crippen LogP contribution is 2.29. The Kier molecular flexibility index (Phi) is 3.89. The molecule has 0 aliphatic carbocycles. The Labute approximate surface area is 111 Å². The van der Waals surface area contributed by atoms with Crippen molar-refractivity contribution in [2.45, 2.75) is 12.6 Å². The summed E-state index contributed by atoms with van der Waals surface area (Å²) in [5.74, 6) is -0.315. The van der Waals surface area contributed by atoms with Gasteiger partial charge < -0.3 is 11.1 Å². The van der Waals surface area contributed by atoms with Crippen molar-refractivity contribution in [3.05, 3.63) is 34.2 Å². The Morgan fingerprint density at radius 3 is 2.74 bits per heavy atom. The van der Waals surface area contributed by atoms with Crippen LogP contribution in [-0.4, -0.2) is 16.5 Å². The van der Waals surface area contributed by atoms with Gasteiger partial charge in [0.15, 0.2) is 5.69 Å². The predicted molar refractivity (Wildman–Crippen MR) is 68.0 cm³/mol. The first kappa shape index (κ1) is 13.6. The zero-order valence-electron chi connectivity index (χ0n) is 9.74. The highest BCUT2D eigenvalue weighted by atomic mass is 32.1. The van der Waals surface area contributed by atoms with E-state index >= 15 is 0 Å². The van der Waals surface area contributed by atoms with Gasteiger partial charge in [-0.15, -0.1) is 11.3 Å². The second kappa shape index (κ2) is 5.43. The highest BCUT2D eigenvalue weighted by molar-refractivity contribution is 7.09. The van der Waals surface area contributed by atoms with Gasteiger partial charge in [0.1, 0.15) is 5.82 Å². The summed E-state index contributed by atoms with van der Waals surface area (Å²) < 4.78 is 37.6. The maximum absolute atomic E-state index is 12.5. The van der Waals surface area contributed by atoms with E-state index in [1.165, 1.54) is 0 Å². The first-order chi connectivity index (χ1) is 8.95. The van der Waals surface area contributed by atoms with Gasteiger partial charge in [-0.1, -0.05) is 6.07 Å². The molecule has 2 rings (SSSR count). The van der Waals surface area contributed by atoms with Crippen molar-refractivity contribution in [3.63, 3.8) is 0 Å². The number of thiophene rings is 1. The molecular formula is C11H11F3N4S. The quantitative estimate of drug-likeness (QED) is 0.908. The van der Waals surface area contributed by atoms with Crippen molar-refractivity contribution in [2.24, 2.45) is 0 Å². The molecule has 2 aromatic rings. The fourth-order valence-electron chi connectivity index (χ4n) is 1.47. The minimum absolute atomic E-state index is 0.0800. The molecule has 2 aromatic heterocycles. The van der Waals surface area contributed by atoms with Crippen LogP contribution >= 0.6 is 11.3 Å². The van der Waals surface area contributed by atoms with Gasteiger partial charge in [0.25, 0.3) is 0 Å². The molecule has 0 radical (unpaired) electrons. The first-order valence-corrected chi connectivity index (χ1v) is 6.31. The molecule has 8 heteroatoms. The molecular weight excluding hydrogens is 277 g/mol. The number of aromatic nitrogens is 2. The number of rotatable bonds is 4. The monoisotopic (exact) mass is 288 g/mol. The summed E-state index contributed by atoms with van der Waals surface area (Å²) in [7, 11) is 0. The fraction of sp³-hybridized carbons (Fsp3) is 0.273. The van der Waals surface area contributed by atoms with E-state index in [1.807, 2.05) is 17.5 Å². The number of hydrogen-bond acceptors (Lipinski definition) is 5. The maximum atomic E-state index is 12.5. The van der Waals surface area contributed by atoms with Crippen molar-refractivity contribution in [1.82, 2.24) is 9.97 Å². The fourth-order valence-corrected chi connectivity index (χ4v) is 2.18. The van der Waals surface area contributed by atoms with Crippen LogP contribution in [0, 0.1) is 0 Å². The van der Waals surface area contributed by atoms with Crippen LogP contribution in [0.2, 0.25) is 0 Å². The van der Waals surface area contributed by atoms with E-state index in [0.717, 1.165) is 10.9 Å². The lowest BCUT2D eigenvalue weighted by atomic mass is 10.3. The van der Waals surface area contributed by atoms with Crippen molar-refractivity contribution in [3.8, 4) is 0 Å². The summed E-state index contributed by atoms with van der Waals surface area (Å²) in [5.41, 5.74) is 4.22. The first-order valence-electron chi connectivity index (χ1n) is 5.43. The summed E-state index contributed by atoms with van der Waals surface area (Å²) >= 11 is 1.59. The molecule has 0 fully saturated rings. The van der Waals surface area contributed by atoms with Crippen LogP contribution in [0.5, 0.6) is 0 Å². The molecule has 102 valence electrons. The van der Waals surface area contributed by atoms with Crippen LogP contribution in [0.3, 0.4) is 0 Å². The summed E-state index contributed by atoms with van der Waals surface area (Å²) in [6.07, 6.45) is -3.82. The van der Waals surface area contributed by atoms with E-state index in [-0.39, 0.29) is 5.82 Å². The average Bonchev–Trinajstić information content (AvgIpc) is 2.80. The smallest absolute Gasteiger partial charge is 0.370 e. The molecule has 0 saturated carbocycles. The van der Waals surface area contributed by atoms with Crippen LogP contribution < -0.4 is 11.1 Å². The molecule has 4 nitrogen and oxygen atoms in total. The number of nitrogens with zero attached hydrogens (tertiary/aromatic N) is 2. The number of hydrogen-bond donors (Lipinski definition) is 2. The predicted octanol–water partition coefficient (Wildman–Crippen LogP) is 2.79. The van der Waals surface area contributed by atoms with Gasteiger partial charge in [-0.25, -0.2) is 4.98 Å². The number of nitrogens with one attached hydrogen (secondary N) is 1. The van der Waals surface area contributed by atoms with Gasteiger partial charge in [-0.2, -0.15) is 18.2 Å². The lowest BCUT2D eigenvalue weighted by molar-refractivity contribution is -0.141. The molecule has 0 bridgehead atoms.